The van der Waals surface area contributed by atoms with E-state index in [-0.39, 0.29) is 24.0 Å². The first-order valence-corrected chi connectivity index (χ1v) is 9.72. The summed E-state index contributed by atoms with van der Waals surface area (Å²) in [6.07, 6.45) is 3.58. The number of H-pyrrole nitrogens is 2. The maximum atomic E-state index is 12.6. The van der Waals surface area contributed by atoms with E-state index in [1.54, 1.807) is 54.9 Å². The molecule has 0 bridgehead atoms. The molecule has 0 aliphatic carbocycles. The fourth-order valence-electron chi connectivity index (χ4n) is 3.13. The summed E-state index contributed by atoms with van der Waals surface area (Å²) in [6, 6.07) is 11.2. The highest BCUT2D eigenvalue weighted by molar-refractivity contribution is 6.09. The Morgan fingerprint density at radius 2 is 1.81 bits per heavy atom. The van der Waals surface area contributed by atoms with Crippen LogP contribution in [0.15, 0.2) is 59.7 Å². The van der Waals surface area contributed by atoms with E-state index in [0.29, 0.717) is 34.4 Å². The third-order valence-corrected chi connectivity index (χ3v) is 4.61. The van der Waals surface area contributed by atoms with Crippen LogP contribution in [0.4, 0.5) is 22.1 Å². The molecule has 162 valence electrons. The lowest BCUT2D eigenvalue weighted by molar-refractivity contribution is 0.102. The number of aromatic nitrogens is 4. The SMILES string of the molecule is Nc1nc2[nH]c(CCNC(=O)Nc3ccccc3C(=O)Nc3ccncc3)cc2c(=O)[nH]1. The van der Waals surface area contributed by atoms with Gasteiger partial charge in [0.2, 0.25) is 5.95 Å². The molecule has 3 amide bonds. The summed E-state index contributed by atoms with van der Waals surface area (Å²) in [5, 5.41) is 8.57. The average molecular weight is 432 g/mol. The van der Waals surface area contributed by atoms with E-state index in [0.717, 1.165) is 5.69 Å². The van der Waals surface area contributed by atoms with Crippen LogP contribution in [0.1, 0.15) is 16.1 Å². The molecule has 0 atom stereocenters. The van der Waals surface area contributed by atoms with Crippen LogP contribution < -0.4 is 27.2 Å². The van der Waals surface area contributed by atoms with Gasteiger partial charge in [0.1, 0.15) is 5.65 Å². The third-order valence-electron chi connectivity index (χ3n) is 4.61. The lowest BCUT2D eigenvalue weighted by Crippen LogP contribution is -2.31. The summed E-state index contributed by atoms with van der Waals surface area (Å²) in [7, 11) is 0. The van der Waals surface area contributed by atoms with Gasteiger partial charge in [-0.3, -0.25) is 19.6 Å². The Morgan fingerprint density at radius 1 is 1.03 bits per heavy atom. The Kier molecular flexibility index (Phi) is 5.79. The van der Waals surface area contributed by atoms with E-state index in [1.807, 2.05) is 0 Å². The second-order valence-electron chi connectivity index (χ2n) is 6.87. The minimum absolute atomic E-state index is 0.0278. The molecule has 0 aliphatic rings. The number of nitrogens with zero attached hydrogens (tertiary/aromatic N) is 2. The number of urea groups is 1. The van der Waals surface area contributed by atoms with Crippen molar-refractivity contribution in [1.29, 1.82) is 0 Å². The second kappa shape index (κ2) is 9.00. The molecule has 4 aromatic rings. The molecule has 3 aromatic heterocycles. The molecule has 4 rings (SSSR count). The quantitative estimate of drug-likeness (QED) is 0.271. The summed E-state index contributed by atoms with van der Waals surface area (Å²) < 4.78 is 0. The van der Waals surface area contributed by atoms with Crippen molar-refractivity contribution in [3.63, 3.8) is 0 Å². The van der Waals surface area contributed by atoms with Gasteiger partial charge in [-0.25, -0.2) is 4.79 Å². The summed E-state index contributed by atoms with van der Waals surface area (Å²) >= 11 is 0. The highest BCUT2D eigenvalue weighted by atomic mass is 16.2. The number of hydrogen-bond acceptors (Lipinski definition) is 6. The van der Waals surface area contributed by atoms with Gasteiger partial charge in [0, 0.05) is 36.7 Å². The molecule has 7 N–H and O–H groups in total. The number of rotatable bonds is 6. The molecule has 0 saturated carbocycles. The smallest absolute Gasteiger partial charge is 0.319 e. The lowest BCUT2D eigenvalue weighted by Gasteiger charge is -2.12. The Bertz CT molecular complexity index is 1330. The molecular formula is C21H20N8O3. The molecule has 32 heavy (non-hydrogen) atoms. The van der Waals surface area contributed by atoms with Crippen molar-refractivity contribution >= 4 is 40.3 Å². The van der Waals surface area contributed by atoms with Crippen molar-refractivity contribution in [3.05, 3.63) is 76.5 Å². The van der Waals surface area contributed by atoms with Crippen LogP contribution in [0.5, 0.6) is 0 Å². The molecule has 1 aromatic carbocycles. The van der Waals surface area contributed by atoms with Gasteiger partial charge in [-0.15, -0.1) is 0 Å². The molecular weight excluding hydrogens is 412 g/mol. The van der Waals surface area contributed by atoms with Crippen LogP contribution in [0, 0.1) is 0 Å². The van der Waals surface area contributed by atoms with Crippen molar-refractivity contribution in [2.75, 3.05) is 22.9 Å². The number of fused-ring (bicyclic) bond motifs is 1. The molecule has 0 radical (unpaired) electrons. The molecule has 11 nitrogen and oxygen atoms in total. The molecule has 0 fully saturated rings. The van der Waals surface area contributed by atoms with Gasteiger partial charge in [0.25, 0.3) is 11.5 Å². The predicted molar refractivity (Wildman–Crippen MR) is 120 cm³/mol. The van der Waals surface area contributed by atoms with Crippen molar-refractivity contribution in [2.45, 2.75) is 6.42 Å². The van der Waals surface area contributed by atoms with Crippen LogP contribution in [-0.2, 0) is 6.42 Å². The summed E-state index contributed by atoms with van der Waals surface area (Å²) in [5.41, 5.74) is 7.60. The number of anilines is 3. The average Bonchev–Trinajstić information content (AvgIpc) is 3.18. The zero-order valence-corrected chi connectivity index (χ0v) is 16.8. The first-order valence-electron chi connectivity index (χ1n) is 9.72. The van der Waals surface area contributed by atoms with Gasteiger partial charge in [0.15, 0.2) is 0 Å². The zero-order valence-electron chi connectivity index (χ0n) is 16.8. The van der Waals surface area contributed by atoms with E-state index in [4.69, 9.17) is 5.73 Å². The first kappa shape index (κ1) is 20.6. The fraction of sp³-hybridized carbons (Fsp3) is 0.0952. The summed E-state index contributed by atoms with van der Waals surface area (Å²) in [4.78, 5) is 50.2. The number of nitrogens with one attached hydrogen (secondary N) is 5. The van der Waals surface area contributed by atoms with Gasteiger partial charge in [-0.05, 0) is 30.3 Å². The number of carbonyl (C=O) groups is 2. The van der Waals surface area contributed by atoms with Gasteiger partial charge in [-0.1, -0.05) is 12.1 Å². The van der Waals surface area contributed by atoms with E-state index in [2.05, 4.69) is 35.9 Å². The largest absolute Gasteiger partial charge is 0.369 e. The molecule has 3 heterocycles. The van der Waals surface area contributed by atoms with Gasteiger partial charge in [0.05, 0.1) is 16.6 Å². The van der Waals surface area contributed by atoms with Crippen LogP contribution >= 0.6 is 0 Å². The third kappa shape index (κ3) is 4.73. The number of carbonyl (C=O) groups excluding carboxylic acids is 2. The number of para-hydroxylation sites is 1. The molecule has 11 heteroatoms. The lowest BCUT2D eigenvalue weighted by atomic mass is 10.1. The van der Waals surface area contributed by atoms with Crippen LogP contribution in [-0.4, -0.2) is 38.4 Å². The maximum absolute atomic E-state index is 12.6. The highest BCUT2D eigenvalue weighted by Gasteiger charge is 2.13. The van der Waals surface area contributed by atoms with Crippen molar-refractivity contribution in [3.8, 4) is 0 Å². The van der Waals surface area contributed by atoms with Gasteiger partial charge in [-0.2, -0.15) is 4.98 Å². The molecule has 0 spiro atoms. The van der Waals surface area contributed by atoms with Crippen molar-refractivity contribution in [1.82, 2.24) is 25.3 Å². The maximum Gasteiger partial charge on any atom is 0.319 e. The number of amides is 3. The Hall–Kier alpha value is -4.67. The number of nitrogens with two attached hydrogens (primary N) is 1. The Balaban J connectivity index is 1.36. The first-order chi connectivity index (χ1) is 15.5. The topological polar surface area (TPSA) is 171 Å². The minimum Gasteiger partial charge on any atom is -0.369 e. The van der Waals surface area contributed by atoms with E-state index >= 15 is 0 Å². The minimum atomic E-state index is -0.467. The predicted octanol–water partition coefficient (Wildman–Crippen LogP) is 1.84. The van der Waals surface area contributed by atoms with E-state index < -0.39 is 6.03 Å². The van der Waals surface area contributed by atoms with E-state index in [9.17, 15) is 14.4 Å². The van der Waals surface area contributed by atoms with Crippen molar-refractivity contribution < 1.29 is 9.59 Å². The van der Waals surface area contributed by atoms with Crippen molar-refractivity contribution in [2.24, 2.45) is 0 Å². The monoisotopic (exact) mass is 432 g/mol. The standard InChI is InChI=1S/C21H20N8O3/c22-20-28-17-15(19(31)29-20)11-13(25-17)7-10-24-21(32)27-16-4-2-1-3-14(16)18(30)26-12-5-8-23-9-6-12/h1-6,8-9,11H,7,10H2,(H,23,26,30)(H2,24,27,32)(H4,22,25,28,29,31). The van der Waals surface area contributed by atoms with E-state index in [1.165, 1.54) is 0 Å². The molecule has 0 aliphatic heterocycles. The fourth-order valence-corrected chi connectivity index (χ4v) is 3.13. The van der Waals surface area contributed by atoms with Gasteiger partial charge < -0.3 is 26.7 Å². The van der Waals surface area contributed by atoms with Crippen LogP contribution in [0.2, 0.25) is 0 Å². The van der Waals surface area contributed by atoms with Crippen LogP contribution in [0.25, 0.3) is 11.0 Å². The number of pyridine rings is 1. The number of hydrogen-bond donors (Lipinski definition) is 6. The Morgan fingerprint density at radius 3 is 2.62 bits per heavy atom. The normalized spacial score (nSPS) is 10.6. The number of benzene rings is 1. The molecule has 0 saturated heterocycles. The summed E-state index contributed by atoms with van der Waals surface area (Å²) in [6.45, 7) is 0.289. The Labute approximate surface area is 181 Å². The number of aromatic amines is 2. The highest BCUT2D eigenvalue weighted by Crippen LogP contribution is 2.17. The second-order valence-corrected chi connectivity index (χ2v) is 6.87. The van der Waals surface area contributed by atoms with Gasteiger partial charge >= 0.3 is 6.03 Å². The number of nitrogen functional groups attached to an aromatic ring is 1. The summed E-state index contributed by atoms with van der Waals surface area (Å²) in [5.74, 6) is -0.331. The molecule has 0 unspecified atom stereocenters. The van der Waals surface area contributed by atoms with Crippen LogP contribution in [0.3, 0.4) is 0 Å². The zero-order chi connectivity index (χ0) is 22.5.